The zero-order valence-electron chi connectivity index (χ0n) is 12.5. The maximum absolute atomic E-state index is 12.0. The summed E-state index contributed by atoms with van der Waals surface area (Å²) in [6, 6.07) is 4.19. The van der Waals surface area contributed by atoms with Crippen molar-refractivity contribution in [1.82, 2.24) is 15.2 Å². The van der Waals surface area contributed by atoms with Crippen LogP contribution in [-0.4, -0.2) is 48.5 Å². The predicted molar refractivity (Wildman–Crippen MR) is 80.9 cm³/mol. The Hall–Kier alpha value is -1.62. The van der Waals surface area contributed by atoms with Gasteiger partial charge in [0.2, 0.25) is 0 Å². The number of carbonyl (C=O) groups is 1. The lowest BCUT2D eigenvalue weighted by atomic mass is 10.1. The largest absolute Gasteiger partial charge is 0.387 e. The second kappa shape index (κ2) is 6.70. The van der Waals surface area contributed by atoms with E-state index in [2.05, 4.69) is 34.4 Å². The van der Waals surface area contributed by atoms with Crippen molar-refractivity contribution < 1.29 is 4.79 Å². The Bertz CT molecular complexity index is 444. The molecule has 0 radical (unpaired) electrons. The molecule has 20 heavy (non-hydrogen) atoms. The molecule has 1 atom stereocenters. The summed E-state index contributed by atoms with van der Waals surface area (Å²) in [7, 11) is 1.83. The molecule has 2 rings (SSSR count). The van der Waals surface area contributed by atoms with Gasteiger partial charge in [-0.05, 0) is 44.9 Å². The molecule has 1 saturated heterocycles. The molecule has 0 spiro atoms. The van der Waals surface area contributed by atoms with E-state index in [1.54, 1.807) is 12.3 Å². The number of nitrogens with zero attached hydrogens (tertiary/aromatic N) is 2. The summed E-state index contributed by atoms with van der Waals surface area (Å²) >= 11 is 0. The van der Waals surface area contributed by atoms with Gasteiger partial charge in [0.15, 0.2) is 0 Å². The zero-order valence-corrected chi connectivity index (χ0v) is 12.5. The Kier molecular flexibility index (Phi) is 4.95. The predicted octanol–water partition coefficient (Wildman–Crippen LogP) is 1.58. The van der Waals surface area contributed by atoms with Crippen molar-refractivity contribution in [3.63, 3.8) is 0 Å². The number of nitrogens with one attached hydrogen (secondary N) is 2. The Morgan fingerprint density at radius 1 is 1.50 bits per heavy atom. The number of anilines is 1. The molecule has 0 saturated carbocycles. The van der Waals surface area contributed by atoms with Gasteiger partial charge in [-0.1, -0.05) is 0 Å². The number of pyridine rings is 1. The molecule has 1 aliphatic heterocycles. The molecule has 0 aliphatic carbocycles. The van der Waals surface area contributed by atoms with E-state index in [4.69, 9.17) is 0 Å². The number of likely N-dealkylation sites (tertiary alicyclic amines) is 1. The van der Waals surface area contributed by atoms with Gasteiger partial charge in [0.1, 0.15) is 5.69 Å². The number of hydrogen-bond acceptors (Lipinski definition) is 4. The van der Waals surface area contributed by atoms with Crippen molar-refractivity contribution in [2.24, 2.45) is 5.92 Å². The molecule has 1 unspecified atom stereocenters. The molecule has 1 aromatic rings. The second-order valence-electron chi connectivity index (χ2n) is 5.64. The first-order valence-corrected chi connectivity index (χ1v) is 7.26. The minimum Gasteiger partial charge on any atom is -0.387 e. The van der Waals surface area contributed by atoms with E-state index in [0.29, 0.717) is 17.7 Å². The molecule has 2 N–H and O–H groups in total. The fraction of sp³-hybridized carbons (Fsp3) is 0.600. The van der Waals surface area contributed by atoms with Crippen molar-refractivity contribution in [1.29, 1.82) is 0 Å². The lowest BCUT2D eigenvalue weighted by molar-refractivity contribution is 0.0942. The van der Waals surface area contributed by atoms with Crippen LogP contribution in [0, 0.1) is 5.92 Å². The van der Waals surface area contributed by atoms with Crippen molar-refractivity contribution >= 4 is 11.6 Å². The lowest BCUT2D eigenvalue weighted by Gasteiger charge is -2.20. The van der Waals surface area contributed by atoms with Gasteiger partial charge in [0.05, 0.1) is 11.9 Å². The summed E-state index contributed by atoms with van der Waals surface area (Å²) in [5, 5.41) is 5.97. The topological polar surface area (TPSA) is 57.3 Å². The standard InChI is InChI=1S/C15H24N4O/c1-11(2)19-7-6-12(10-19)8-18-15(20)14-5-4-13(16-3)9-17-14/h4-5,9,11-12,16H,6-8,10H2,1-3H3,(H,18,20). The Morgan fingerprint density at radius 2 is 2.30 bits per heavy atom. The van der Waals surface area contributed by atoms with Gasteiger partial charge in [0, 0.05) is 26.2 Å². The van der Waals surface area contributed by atoms with E-state index in [1.807, 2.05) is 13.1 Å². The van der Waals surface area contributed by atoms with E-state index in [0.717, 1.165) is 31.7 Å². The lowest BCUT2D eigenvalue weighted by Crippen LogP contribution is -2.33. The van der Waals surface area contributed by atoms with Crippen LogP contribution >= 0.6 is 0 Å². The van der Waals surface area contributed by atoms with Crippen LogP contribution in [0.3, 0.4) is 0 Å². The summed E-state index contributed by atoms with van der Waals surface area (Å²) in [6.45, 7) is 7.37. The van der Waals surface area contributed by atoms with Gasteiger partial charge in [-0.15, -0.1) is 0 Å². The molecule has 1 fully saturated rings. The molecule has 0 aromatic carbocycles. The SMILES string of the molecule is CNc1ccc(C(=O)NCC2CCN(C(C)C)C2)nc1. The minimum absolute atomic E-state index is 0.0874. The average Bonchev–Trinajstić information content (AvgIpc) is 2.94. The maximum atomic E-state index is 12.0. The molecule has 0 bridgehead atoms. The smallest absolute Gasteiger partial charge is 0.269 e. The monoisotopic (exact) mass is 276 g/mol. The maximum Gasteiger partial charge on any atom is 0.269 e. The van der Waals surface area contributed by atoms with Crippen LogP contribution in [0.4, 0.5) is 5.69 Å². The Morgan fingerprint density at radius 3 is 2.85 bits per heavy atom. The number of hydrogen-bond donors (Lipinski definition) is 2. The van der Waals surface area contributed by atoms with Gasteiger partial charge in [-0.2, -0.15) is 0 Å². The van der Waals surface area contributed by atoms with Gasteiger partial charge in [0.25, 0.3) is 5.91 Å². The summed E-state index contributed by atoms with van der Waals surface area (Å²) in [5.41, 5.74) is 1.38. The van der Waals surface area contributed by atoms with Crippen molar-refractivity contribution in [2.75, 3.05) is 32.0 Å². The normalized spacial score (nSPS) is 19.3. The number of carbonyl (C=O) groups excluding carboxylic acids is 1. The highest BCUT2D eigenvalue weighted by Crippen LogP contribution is 2.17. The highest BCUT2D eigenvalue weighted by molar-refractivity contribution is 5.92. The molecule has 5 heteroatoms. The van der Waals surface area contributed by atoms with Crippen LogP contribution in [-0.2, 0) is 0 Å². The van der Waals surface area contributed by atoms with Gasteiger partial charge < -0.3 is 15.5 Å². The van der Waals surface area contributed by atoms with Gasteiger partial charge >= 0.3 is 0 Å². The quantitative estimate of drug-likeness (QED) is 0.857. The first kappa shape index (κ1) is 14.8. The second-order valence-corrected chi connectivity index (χ2v) is 5.64. The molecule has 1 aliphatic rings. The third-order valence-electron chi connectivity index (χ3n) is 3.88. The highest BCUT2D eigenvalue weighted by atomic mass is 16.1. The number of amides is 1. The van der Waals surface area contributed by atoms with Crippen molar-refractivity contribution in [2.45, 2.75) is 26.3 Å². The molecule has 110 valence electrons. The van der Waals surface area contributed by atoms with E-state index in [-0.39, 0.29) is 5.91 Å². The molecule has 1 amide bonds. The first-order valence-electron chi connectivity index (χ1n) is 7.26. The number of aromatic nitrogens is 1. The van der Waals surface area contributed by atoms with Gasteiger partial charge in [-0.3, -0.25) is 4.79 Å². The molecular formula is C15H24N4O. The van der Waals surface area contributed by atoms with E-state index >= 15 is 0 Å². The fourth-order valence-electron chi connectivity index (χ4n) is 2.50. The number of rotatable bonds is 5. The van der Waals surface area contributed by atoms with Gasteiger partial charge in [-0.25, -0.2) is 4.98 Å². The first-order chi connectivity index (χ1) is 9.60. The fourth-order valence-corrected chi connectivity index (χ4v) is 2.50. The summed E-state index contributed by atoms with van der Waals surface area (Å²) in [6.07, 6.45) is 2.83. The van der Waals surface area contributed by atoms with Crippen LogP contribution in [0.25, 0.3) is 0 Å². The summed E-state index contributed by atoms with van der Waals surface area (Å²) in [4.78, 5) is 18.6. The molecule has 1 aromatic heterocycles. The summed E-state index contributed by atoms with van der Waals surface area (Å²) < 4.78 is 0. The summed E-state index contributed by atoms with van der Waals surface area (Å²) in [5.74, 6) is 0.466. The molecular weight excluding hydrogens is 252 g/mol. The Labute approximate surface area is 120 Å². The van der Waals surface area contributed by atoms with Crippen LogP contribution in [0.2, 0.25) is 0 Å². The van der Waals surface area contributed by atoms with E-state index in [9.17, 15) is 4.79 Å². The molecule has 2 heterocycles. The van der Waals surface area contributed by atoms with E-state index in [1.165, 1.54) is 0 Å². The molecule has 5 nitrogen and oxygen atoms in total. The third-order valence-corrected chi connectivity index (χ3v) is 3.88. The average molecular weight is 276 g/mol. The van der Waals surface area contributed by atoms with Crippen molar-refractivity contribution in [3.05, 3.63) is 24.0 Å². The van der Waals surface area contributed by atoms with Crippen LogP contribution < -0.4 is 10.6 Å². The van der Waals surface area contributed by atoms with Crippen molar-refractivity contribution in [3.8, 4) is 0 Å². The highest BCUT2D eigenvalue weighted by Gasteiger charge is 2.24. The zero-order chi connectivity index (χ0) is 14.5. The Balaban J connectivity index is 1.80. The minimum atomic E-state index is -0.0874. The van der Waals surface area contributed by atoms with E-state index < -0.39 is 0 Å². The third kappa shape index (κ3) is 3.70. The van der Waals surface area contributed by atoms with Crippen LogP contribution in [0.15, 0.2) is 18.3 Å². The van der Waals surface area contributed by atoms with Crippen LogP contribution in [0.1, 0.15) is 30.8 Å². The van der Waals surface area contributed by atoms with Crippen LogP contribution in [0.5, 0.6) is 0 Å².